The van der Waals surface area contributed by atoms with E-state index in [4.69, 9.17) is 0 Å². The highest BCUT2D eigenvalue weighted by atomic mass is 15.3. The summed E-state index contributed by atoms with van der Waals surface area (Å²) in [4.78, 5) is 0. The van der Waals surface area contributed by atoms with Gasteiger partial charge in [0, 0.05) is 30.9 Å². The summed E-state index contributed by atoms with van der Waals surface area (Å²) in [6, 6.07) is 0.329. The fourth-order valence-corrected chi connectivity index (χ4v) is 1.85. The molecule has 84 valence electrons. The van der Waals surface area contributed by atoms with Crippen molar-refractivity contribution >= 4 is 0 Å². The Kier molecular flexibility index (Phi) is 3.69. The third-order valence-corrected chi connectivity index (χ3v) is 2.71. The normalized spacial score (nSPS) is 12.9. The third kappa shape index (κ3) is 2.69. The third-order valence-electron chi connectivity index (χ3n) is 2.71. The van der Waals surface area contributed by atoms with Crippen LogP contribution in [0.15, 0.2) is 12.2 Å². The van der Waals surface area contributed by atoms with Crippen LogP contribution in [0, 0.1) is 13.8 Å². The first kappa shape index (κ1) is 12.0. The van der Waals surface area contributed by atoms with Crippen LogP contribution in [0.25, 0.3) is 0 Å². The SMILES string of the molecule is C=C(C)CNC(C)c1c(C)nn(C)c1C. The van der Waals surface area contributed by atoms with Gasteiger partial charge >= 0.3 is 0 Å². The quantitative estimate of drug-likeness (QED) is 0.768. The molecule has 0 aliphatic rings. The highest BCUT2D eigenvalue weighted by molar-refractivity contribution is 5.27. The fraction of sp³-hybridized carbons (Fsp3) is 0.583. The first-order chi connectivity index (χ1) is 6.93. The van der Waals surface area contributed by atoms with E-state index in [1.807, 2.05) is 18.7 Å². The predicted octanol–water partition coefficient (Wildman–Crippen LogP) is 2.26. The summed E-state index contributed by atoms with van der Waals surface area (Å²) in [7, 11) is 1.98. The van der Waals surface area contributed by atoms with E-state index in [0.29, 0.717) is 6.04 Å². The van der Waals surface area contributed by atoms with Crippen molar-refractivity contribution in [2.45, 2.75) is 33.7 Å². The van der Waals surface area contributed by atoms with Gasteiger partial charge in [-0.15, -0.1) is 0 Å². The van der Waals surface area contributed by atoms with Gasteiger partial charge in [-0.1, -0.05) is 12.2 Å². The van der Waals surface area contributed by atoms with Gasteiger partial charge in [0.25, 0.3) is 0 Å². The largest absolute Gasteiger partial charge is 0.306 e. The van der Waals surface area contributed by atoms with Crippen LogP contribution in [-0.4, -0.2) is 16.3 Å². The van der Waals surface area contributed by atoms with Crippen molar-refractivity contribution in [1.29, 1.82) is 0 Å². The molecule has 1 N–H and O–H groups in total. The molecule has 1 heterocycles. The van der Waals surface area contributed by atoms with E-state index in [9.17, 15) is 0 Å². The minimum atomic E-state index is 0.329. The van der Waals surface area contributed by atoms with E-state index in [-0.39, 0.29) is 0 Å². The van der Waals surface area contributed by atoms with E-state index in [1.165, 1.54) is 11.3 Å². The minimum Gasteiger partial charge on any atom is -0.306 e. The lowest BCUT2D eigenvalue weighted by Gasteiger charge is -2.14. The van der Waals surface area contributed by atoms with Crippen molar-refractivity contribution in [2.75, 3.05) is 6.54 Å². The van der Waals surface area contributed by atoms with Crippen molar-refractivity contribution in [3.05, 3.63) is 29.1 Å². The van der Waals surface area contributed by atoms with Crippen LogP contribution < -0.4 is 5.32 Å². The molecule has 0 amide bonds. The van der Waals surface area contributed by atoms with E-state index in [1.54, 1.807) is 0 Å². The highest BCUT2D eigenvalue weighted by Crippen LogP contribution is 2.20. The molecule has 0 aliphatic heterocycles. The van der Waals surface area contributed by atoms with Crippen LogP contribution in [0.4, 0.5) is 0 Å². The zero-order valence-electron chi connectivity index (χ0n) is 10.4. The van der Waals surface area contributed by atoms with Gasteiger partial charge in [0.05, 0.1) is 5.69 Å². The molecule has 0 bridgehead atoms. The van der Waals surface area contributed by atoms with Crippen LogP contribution in [0.5, 0.6) is 0 Å². The molecule has 3 nitrogen and oxygen atoms in total. The van der Waals surface area contributed by atoms with Gasteiger partial charge in [0.1, 0.15) is 0 Å². The average Bonchev–Trinajstić information content (AvgIpc) is 2.37. The Bertz CT molecular complexity index is 363. The number of nitrogens with zero attached hydrogens (tertiary/aromatic N) is 2. The molecule has 0 spiro atoms. The Hall–Kier alpha value is -1.09. The maximum Gasteiger partial charge on any atom is 0.0644 e. The second kappa shape index (κ2) is 4.62. The number of hydrogen-bond donors (Lipinski definition) is 1. The zero-order valence-corrected chi connectivity index (χ0v) is 10.4. The number of hydrogen-bond acceptors (Lipinski definition) is 2. The summed E-state index contributed by atoms with van der Waals surface area (Å²) in [6.07, 6.45) is 0. The molecule has 3 heteroatoms. The average molecular weight is 207 g/mol. The second-order valence-corrected chi connectivity index (χ2v) is 4.27. The van der Waals surface area contributed by atoms with E-state index >= 15 is 0 Å². The van der Waals surface area contributed by atoms with Gasteiger partial charge in [-0.05, 0) is 27.7 Å². The van der Waals surface area contributed by atoms with Gasteiger partial charge in [-0.2, -0.15) is 5.10 Å². The molecule has 0 saturated heterocycles. The lowest BCUT2D eigenvalue weighted by atomic mass is 10.1. The molecule has 0 saturated carbocycles. The number of aromatic nitrogens is 2. The van der Waals surface area contributed by atoms with Gasteiger partial charge < -0.3 is 5.32 Å². The van der Waals surface area contributed by atoms with E-state index < -0.39 is 0 Å². The topological polar surface area (TPSA) is 29.9 Å². The Morgan fingerprint density at radius 3 is 2.53 bits per heavy atom. The van der Waals surface area contributed by atoms with Crippen molar-refractivity contribution < 1.29 is 0 Å². The second-order valence-electron chi connectivity index (χ2n) is 4.27. The molecule has 1 aromatic heterocycles. The summed E-state index contributed by atoms with van der Waals surface area (Å²) in [5.41, 5.74) is 4.80. The van der Waals surface area contributed by atoms with Gasteiger partial charge in [0.15, 0.2) is 0 Å². The Balaban J connectivity index is 2.81. The maximum atomic E-state index is 4.41. The molecule has 1 atom stereocenters. The summed E-state index contributed by atoms with van der Waals surface area (Å²) in [5, 5.41) is 7.85. The molecular weight excluding hydrogens is 186 g/mol. The van der Waals surface area contributed by atoms with Crippen molar-refractivity contribution in [3.63, 3.8) is 0 Å². The molecule has 1 unspecified atom stereocenters. The van der Waals surface area contributed by atoms with Crippen molar-refractivity contribution in [2.24, 2.45) is 7.05 Å². The van der Waals surface area contributed by atoms with Gasteiger partial charge in [0.2, 0.25) is 0 Å². The van der Waals surface area contributed by atoms with Crippen molar-refractivity contribution in [3.8, 4) is 0 Å². The summed E-state index contributed by atoms with van der Waals surface area (Å²) in [6.45, 7) is 13.1. The molecule has 0 fully saturated rings. The molecule has 0 aromatic carbocycles. The van der Waals surface area contributed by atoms with Gasteiger partial charge in [-0.25, -0.2) is 0 Å². The Morgan fingerprint density at radius 1 is 1.53 bits per heavy atom. The molecule has 15 heavy (non-hydrogen) atoms. The number of nitrogens with one attached hydrogen (secondary N) is 1. The molecule has 0 radical (unpaired) electrons. The van der Waals surface area contributed by atoms with Crippen molar-refractivity contribution in [1.82, 2.24) is 15.1 Å². The molecule has 1 rings (SSSR count). The first-order valence-electron chi connectivity index (χ1n) is 5.31. The lowest BCUT2D eigenvalue weighted by molar-refractivity contribution is 0.600. The van der Waals surface area contributed by atoms with E-state index in [0.717, 1.165) is 17.8 Å². The minimum absolute atomic E-state index is 0.329. The molecule has 0 aliphatic carbocycles. The maximum absolute atomic E-state index is 4.41. The summed E-state index contributed by atoms with van der Waals surface area (Å²) >= 11 is 0. The smallest absolute Gasteiger partial charge is 0.0644 e. The lowest BCUT2D eigenvalue weighted by Crippen LogP contribution is -2.21. The Labute approximate surface area is 92.2 Å². The standard InChI is InChI=1S/C12H21N3/c1-8(2)7-13-9(3)12-10(4)14-15(6)11(12)5/h9,13H,1,7H2,2-6H3. The zero-order chi connectivity index (χ0) is 11.6. The number of aryl methyl sites for hydroxylation is 2. The van der Waals surface area contributed by atoms with Crippen LogP contribution in [0.2, 0.25) is 0 Å². The molecule has 1 aromatic rings. The van der Waals surface area contributed by atoms with Crippen LogP contribution in [0.3, 0.4) is 0 Å². The predicted molar refractivity (Wildman–Crippen MR) is 63.9 cm³/mol. The van der Waals surface area contributed by atoms with Gasteiger partial charge in [-0.3, -0.25) is 4.68 Å². The number of rotatable bonds is 4. The first-order valence-corrected chi connectivity index (χ1v) is 5.31. The van der Waals surface area contributed by atoms with E-state index in [2.05, 4.69) is 37.8 Å². The van der Waals surface area contributed by atoms with Crippen LogP contribution in [0.1, 0.15) is 36.8 Å². The van der Waals surface area contributed by atoms with Crippen LogP contribution >= 0.6 is 0 Å². The fourth-order valence-electron chi connectivity index (χ4n) is 1.85. The Morgan fingerprint density at radius 2 is 2.13 bits per heavy atom. The monoisotopic (exact) mass is 207 g/mol. The molecular formula is C12H21N3. The van der Waals surface area contributed by atoms with Crippen LogP contribution in [-0.2, 0) is 7.05 Å². The highest BCUT2D eigenvalue weighted by Gasteiger charge is 2.15. The summed E-state index contributed by atoms with van der Waals surface area (Å²) < 4.78 is 1.93. The summed E-state index contributed by atoms with van der Waals surface area (Å²) in [5.74, 6) is 0.